The molecule has 0 atom stereocenters. The van der Waals surface area contributed by atoms with Crippen molar-refractivity contribution in [2.45, 2.75) is 71.1 Å². The number of nitrogen functional groups attached to an aromatic ring is 1. The third-order valence-corrected chi connectivity index (χ3v) is 8.65. The number of nitrogens with zero attached hydrogens (tertiary/aromatic N) is 1. The van der Waals surface area contributed by atoms with Gasteiger partial charge in [-0.15, -0.1) is 0 Å². The molecule has 0 spiro atoms. The quantitative estimate of drug-likeness (QED) is 0.150. The highest BCUT2D eigenvalue weighted by molar-refractivity contribution is 7.85. The van der Waals surface area contributed by atoms with Gasteiger partial charge in [-0.1, -0.05) is 55.3 Å². The van der Waals surface area contributed by atoms with Crippen molar-refractivity contribution in [1.82, 2.24) is 0 Å². The topological polar surface area (TPSA) is 83.4 Å². The van der Waals surface area contributed by atoms with E-state index in [1.807, 2.05) is 12.1 Å². The molecule has 1 heterocycles. The van der Waals surface area contributed by atoms with Gasteiger partial charge >= 0.3 is 0 Å². The molecule has 0 saturated carbocycles. The second kappa shape index (κ2) is 9.64. The van der Waals surface area contributed by atoms with E-state index in [4.69, 9.17) is 10.3 Å². The molecule has 0 radical (unpaired) electrons. The third kappa shape index (κ3) is 5.21. The lowest BCUT2D eigenvalue weighted by atomic mass is 9.81. The Morgan fingerprint density at radius 2 is 1.78 bits per heavy atom. The lowest BCUT2D eigenvalue weighted by Crippen LogP contribution is -2.28. The molecular formula is C30H39N2O3S+. The van der Waals surface area contributed by atoms with Gasteiger partial charge in [0.05, 0.1) is 11.2 Å². The van der Waals surface area contributed by atoms with E-state index in [0.29, 0.717) is 19.4 Å². The number of allylic oxidation sites excluding steroid dienone is 4. The van der Waals surface area contributed by atoms with Crippen molar-refractivity contribution in [1.29, 1.82) is 0 Å². The Kier molecular flexibility index (Phi) is 7.06. The fourth-order valence-electron chi connectivity index (χ4n) is 5.73. The Morgan fingerprint density at radius 3 is 2.50 bits per heavy atom. The van der Waals surface area contributed by atoms with Crippen LogP contribution in [0.5, 0.6) is 0 Å². The van der Waals surface area contributed by atoms with Crippen LogP contribution < -0.4 is 5.73 Å². The van der Waals surface area contributed by atoms with Crippen molar-refractivity contribution in [2.24, 2.45) is 0 Å². The summed E-state index contributed by atoms with van der Waals surface area (Å²) in [6.07, 6.45) is 9.74. The molecular weight excluding hydrogens is 468 g/mol. The zero-order chi connectivity index (χ0) is 26.3. The SMILES string of the molecule is Cc1ccc2c(c1)C(C)(C)/C(=C\C/C=C/C1=[N+](CCCCS(=O)(=O)O)c3ccc(N)cc3C1(C)C)C2. The molecule has 2 aromatic rings. The molecule has 5 nitrogen and oxygen atoms in total. The Labute approximate surface area is 216 Å². The molecule has 0 aromatic heterocycles. The first-order chi connectivity index (χ1) is 16.8. The van der Waals surface area contributed by atoms with Crippen molar-refractivity contribution in [2.75, 3.05) is 18.0 Å². The monoisotopic (exact) mass is 507 g/mol. The number of nitrogens with two attached hydrogens (primary N) is 1. The van der Waals surface area contributed by atoms with E-state index in [-0.39, 0.29) is 16.6 Å². The van der Waals surface area contributed by atoms with E-state index >= 15 is 0 Å². The van der Waals surface area contributed by atoms with Crippen LogP contribution in [0, 0.1) is 6.92 Å². The molecule has 6 heteroatoms. The van der Waals surface area contributed by atoms with E-state index < -0.39 is 10.1 Å². The second-order valence-corrected chi connectivity index (χ2v) is 12.8. The van der Waals surface area contributed by atoms with Gasteiger partial charge in [0.25, 0.3) is 10.1 Å². The molecule has 0 unspecified atom stereocenters. The Morgan fingerprint density at radius 1 is 1.03 bits per heavy atom. The van der Waals surface area contributed by atoms with Crippen molar-refractivity contribution in [3.63, 3.8) is 0 Å². The van der Waals surface area contributed by atoms with Gasteiger partial charge in [0.15, 0.2) is 5.71 Å². The number of fused-ring (bicyclic) bond motifs is 2. The second-order valence-electron chi connectivity index (χ2n) is 11.3. The fraction of sp³-hybridized carbons (Fsp3) is 0.433. The fourth-order valence-corrected chi connectivity index (χ4v) is 6.30. The van der Waals surface area contributed by atoms with Gasteiger partial charge in [-0.05, 0) is 63.3 Å². The molecule has 1 aliphatic heterocycles. The molecule has 192 valence electrons. The zero-order valence-electron chi connectivity index (χ0n) is 22.1. The summed E-state index contributed by atoms with van der Waals surface area (Å²) >= 11 is 0. The summed E-state index contributed by atoms with van der Waals surface area (Å²) in [6.45, 7) is 11.9. The Bertz CT molecular complexity index is 1380. The van der Waals surface area contributed by atoms with Crippen LogP contribution in [0.1, 0.15) is 69.2 Å². The molecule has 4 rings (SSSR count). The van der Waals surface area contributed by atoms with E-state index in [9.17, 15) is 8.42 Å². The van der Waals surface area contributed by atoms with Crippen molar-refractivity contribution >= 4 is 27.2 Å². The molecule has 1 aliphatic carbocycles. The van der Waals surface area contributed by atoms with Gasteiger partial charge in [0.2, 0.25) is 5.69 Å². The summed E-state index contributed by atoms with van der Waals surface area (Å²) < 4.78 is 33.7. The lowest BCUT2D eigenvalue weighted by Gasteiger charge is -2.22. The van der Waals surface area contributed by atoms with Crippen LogP contribution >= 0.6 is 0 Å². The highest BCUT2D eigenvalue weighted by Crippen LogP contribution is 2.43. The first-order valence-corrected chi connectivity index (χ1v) is 14.4. The average Bonchev–Trinajstić information content (AvgIpc) is 3.15. The highest BCUT2D eigenvalue weighted by atomic mass is 32.2. The first-order valence-electron chi connectivity index (χ1n) is 12.8. The molecule has 3 N–H and O–H groups in total. The van der Waals surface area contributed by atoms with Crippen LogP contribution in [0.4, 0.5) is 11.4 Å². The van der Waals surface area contributed by atoms with Crippen molar-refractivity contribution in [3.05, 3.63) is 82.5 Å². The van der Waals surface area contributed by atoms with Gasteiger partial charge < -0.3 is 5.73 Å². The van der Waals surface area contributed by atoms with Gasteiger partial charge in [0, 0.05) is 35.2 Å². The Hall–Kier alpha value is -2.70. The summed E-state index contributed by atoms with van der Waals surface area (Å²) in [5.41, 5.74) is 15.8. The predicted molar refractivity (Wildman–Crippen MR) is 149 cm³/mol. The van der Waals surface area contributed by atoms with Gasteiger partial charge in [0.1, 0.15) is 6.54 Å². The minimum atomic E-state index is -3.94. The van der Waals surface area contributed by atoms with Crippen molar-refractivity contribution in [3.8, 4) is 0 Å². The number of hydrogen-bond acceptors (Lipinski definition) is 3. The molecule has 0 bridgehead atoms. The van der Waals surface area contributed by atoms with Crippen LogP contribution in [0.15, 0.2) is 60.2 Å². The number of anilines is 1. The van der Waals surface area contributed by atoms with Crippen LogP contribution in [0.3, 0.4) is 0 Å². The van der Waals surface area contributed by atoms with Crippen LogP contribution in [-0.4, -0.2) is 35.6 Å². The van der Waals surface area contributed by atoms with Gasteiger partial charge in [-0.25, -0.2) is 0 Å². The van der Waals surface area contributed by atoms with E-state index in [0.717, 1.165) is 24.2 Å². The average molecular weight is 508 g/mol. The first kappa shape index (κ1) is 26.4. The maximum absolute atomic E-state index is 11.2. The summed E-state index contributed by atoms with van der Waals surface area (Å²) in [5.74, 6) is -0.213. The summed E-state index contributed by atoms with van der Waals surface area (Å²) in [6, 6.07) is 12.8. The van der Waals surface area contributed by atoms with Crippen LogP contribution in [0.2, 0.25) is 0 Å². The molecule has 2 aromatic carbocycles. The van der Waals surface area contributed by atoms with E-state index in [2.05, 4.69) is 81.7 Å². The minimum absolute atomic E-state index is 0.0435. The summed E-state index contributed by atoms with van der Waals surface area (Å²) in [5, 5.41) is 0. The molecule has 0 amide bonds. The number of unbranched alkanes of at least 4 members (excludes halogenated alkanes) is 1. The van der Waals surface area contributed by atoms with Crippen LogP contribution in [0.25, 0.3) is 0 Å². The minimum Gasteiger partial charge on any atom is -0.399 e. The number of benzene rings is 2. The largest absolute Gasteiger partial charge is 0.399 e. The third-order valence-electron chi connectivity index (χ3n) is 7.85. The van der Waals surface area contributed by atoms with Gasteiger partial charge in [-0.2, -0.15) is 13.0 Å². The maximum atomic E-state index is 11.2. The Balaban J connectivity index is 1.57. The smallest absolute Gasteiger partial charge is 0.264 e. The summed E-state index contributed by atoms with van der Waals surface area (Å²) in [7, 11) is -3.94. The van der Waals surface area contributed by atoms with Crippen LogP contribution in [-0.2, 0) is 27.4 Å². The normalized spacial score (nSPS) is 19.3. The standard InChI is InChI=1S/C30H38N2O3S/c1-21-12-13-22-19-23(29(2,3)25(22)18-21)10-6-7-11-28-30(4,5)26-20-24(31)14-15-27(26)32(28)16-8-9-17-36(33,34)35/h7,10-15,18,20H,6,8-9,16-17,19,31H2,1-5H3/p+1/b11-7+,23-10-. The predicted octanol–water partition coefficient (Wildman–Crippen LogP) is 6.03. The molecule has 0 fully saturated rings. The number of rotatable bonds is 8. The zero-order valence-corrected chi connectivity index (χ0v) is 23.0. The van der Waals surface area contributed by atoms with E-state index in [1.54, 1.807) is 0 Å². The lowest BCUT2D eigenvalue weighted by molar-refractivity contribution is -0.438. The molecule has 0 saturated heterocycles. The highest BCUT2D eigenvalue weighted by Gasteiger charge is 2.44. The summed E-state index contributed by atoms with van der Waals surface area (Å²) in [4.78, 5) is 0. The number of hydrogen-bond donors (Lipinski definition) is 2. The van der Waals surface area contributed by atoms with Gasteiger partial charge in [-0.3, -0.25) is 4.55 Å². The number of aryl methyl sites for hydroxylation is 1. The maximum Gasteiger partial charge on any atom is 0.264 e. The van der Waals surface area contributed by atoms with Crippen molar-refractivity contribution < 1.29 is 17.5 Å². The molecule has 2 aliphatic rings. The molecule has 36 heavy (non-hydrogen) atoms. The van der Waals surface area contributed by atoms with E-state index in [1.165, 1.54) is 33.5 Å².